The molecule has 1 heterocycles. The van der Waals surface area contributed by atoms with Gasteiger partial charge in [-0.1, -0.05) is 64.7 Å². The van der Waals surface area contributed by atoms with E-state index in [9.17, 15) is 9.59 Å². The van der Waals surface area contributed by atoms with Crippen LogP contribution >= 0.6 is 0 Å². The molecule has 0 atom stereocenters. The zero-order valence-electron chi connectivity index (χ0n) is 14.7. The standard InChI is InChI=1S/C18H33NO4/c1-2-3-4-5-6-7-8-9-10-11-14-23-18(21)17(20)19-12-15-22-16-13-19/h2-16H2,1H3. The van der Waals surface area contributed by atoms with Crippen LogP contribution in [0.15, 0.2) is 0 Å². The van der Waals surface area contributed by atoms with Crippen molar-refractivity contribution in [2.75, 3.05) is 32.9 Å². The van der Waals surface area contributed by atoms with Gasteiger partial charge in [-0.15, -0.1) is 0 Å². The summed E-state index contributed by atoms with van der Waals surface area (Å²) in [6, 6.07) is 0. The topological polar surface area (TPSA) is 55.8 Å². The van der Waals surface area contributed by atoms with Crippen LogP contribution in [-0.2, 0) is 19.1 Å². The summed E-state index contributed by atoms with van der Waals surface area (Å²) in [4.78, 5) is 25.0. The second-order valence-electron chi connectivity index (χ2n) is 6.22. The van der Waals surface area contributed by atoms with Crippen molar-refractivity contribution in [3.63, 3.8) is 0 Å². The van der Waals surface area contributed by atoms with Crippen LogP contribution < -0.4 is 0 Å². The molecule has 5 heteroatoms. The van der Waals surface area contributed by atoms with Crippen molar-refractivity contribution in [1.82, 2.24) is 4.90 Å². The van der Waals surface area contributed by atoms with Gasteiger partial charge in [0.1, 0.15) is 0 Å². The Kier molecular flexibility index (Phi) is 11.6. The van der Waals surface area contributed by atoms with Crippen LogP contribution in [0, 0.1) is 0 Å². The Hall–Kier alpha value is -1.10. The van der Waals surface area contributed by atoms with Gasteiger partial charge in [0, 0.05) is 13.1 Å². The van der Waals surface area contributed by atoms with Crippen molar-refractivity contribution in [3.8, 4) is 0 Å². The first kappa shape index (κ1) is 19.9. The van der Waals surface area contributed by atoms with Gasteiger partial charge in [-0.2, -0.15) is 0 Å². The third-order valence-electron chi connectivity index (χ3n) is 4.20. The Bertz CT molecular complexity index is 327. The Balaban J connectivity index is 1.90. The van der Waals surface area contributed by atoms with Crippen LogP contribution in [-0.4, -0.2) is 49.7 Å². The molecule has 0 unspecified atom stereocenters. The molecule has 0 aromatic carbocycles. The second kappa shape index (κ2) is 13.3. The fourth-order valence-electron chi connectivity index (χ4n) is 2.71. The highest BCUT2D eigenvalue weighted by Crippen LogP contribution is 2.10. The summed E-state index contributed by atoms with van der Waals surface area (Å²) >= 11 is 0. The number of carbonyl (C=O) groups is 2. The minimum atomic E-state index is -0.720. The van der Waals surface area contributed by atoms with Crippen LogP contribution in [0.5, 0.6) is 0 Å². The van der Waals surface area contributed by atoms with E-state index in [4.69, 9.17) is 9.47 Å². The summed E-state index contributed by atoms with van der Waals surface area (Å²) in [6.45, 7) is 4.54. The Morgan fingerprint density at radius 1 is 0.870 bits per heavy atom. The monoisotopic (exact) mass is 327 g/mol. The highest BCUT2D eigenvalue weighted by molar-refractivity contribution is 6.32. The number of amides is 1. The van der Waals surface area contributed by atoms with Gasteiger partial charge in [0.2, 0.25) is 0 Å². The van der Waals surface area contributed by atoms with Crippen LogP contribution in [0.3, 0.4) is 0 Å². The maximum absolute atomic E-state index is 11.8. The zero-order valence-corrected chi connectivity index (χ0v) is 14.7. The predicted molar refractivity (Wildman–Crippen MR) is 90.2 cm³/mol. The second-order valence-corrected chi connectivity index (χ2v) is 6.22. The summed E-state index contributed by atoms with van der Waals surface area (Å²) in [7, 11) is 0. The molecule has 1 fully saturated rings. The normalized spacial score (nSPS) is 14.7. The average Bonchev–Trinajstić information content (AvgIpc) is 2.59. The molecule has 23 heavy (non-hydrogen) atoms. The SMILES string of the molecule is CCCCCCCCCCCCOC(=O)C(=O)N1CCOCC1. The van der Waals surface area contributed by atoms with E-state index in [-0.39, 0.29) is 0 Å². The number of nitrogens with zero attached hydrogens (tertiary/aromatic N) is 1. The Morgan fingerprint density at radius 2 is 1.39 bits per heavy atom. The molecule has 0 aliphatic carbocycles. The lowest BCUT2D eigenvalue weighted by Crippen LogP contribution is -2.44. The quantitative estimate of drug-likeness (QED) is 0.332. The number of carbonyl (C=O) groups excluding carboxylic acids is 2. The molecule has 134 valence electrons. The molecular formula is C18H33NO4. The lowest BCUT2D eigenvalue weighted by Gasteiger charge is -2.25. The fourth-order valence-corrected chi connectivity index (χ4v) is 2.71. The molecule has 0 radical (unpaired) electrons. The van der Waals surface area contributed by atoms with E-state index in [0.717, 1.165) is 12.8 Å². The highest BCUT2D eigenvalue weighted by atomic mass is 16.5. The van der Waals surface area contributed by atoms with Gasteiger partial charge in [-0.3, -0.25) is 4.79 Å². The van der Waals surface area contributed by atoms with E-state index < -0.39 is 11.9 Å². The molecule has 5 nitrogen and oxygen atoms in total. The third kappa shape index (κ3) is 9.59. The molecule has 1 amide bonds. The van der Waals surface area contributed by atoms with E-state index in [1.807, 2.05) is 0 Å². The Morgan fingerprint density at radius 3 is 1.96 bits per heavy atom. The van der Waals surface area contributed by atoms with E-state index in [0.29, 0.717) is 32.9 Å². The number of esters is 1. The molecule has 0 bridgehead atoms. The van der Waals surface area contributed by atoms with Crippen LogP contribution in [0.25, 0.3) is 0 Å². The molecule has 1 rings (SSSR count). The van der Waals surface area contributed by atoms with Crippen molar-refractivity contribution in [1.29, 1.82) is 0 Å². The lowest BCUT2D eigenvalue weighted by atomic mass is 10.1. The summed E-state index contributed by atoms with van der Waals surface area (Å²) in [5, 5.41) is 0. The molecular weight excluding hydrogens is 294 g/mol. The van der Waals surface area contributed by atoms with E-state index in [1.54, 1.807) is 0 Å². The summed E-state index contributed by atoms with van der Waals surface area (Å²) < 4.78 is 10.2. The highest BCUT2D eigenvalue weighted by Gasteiger charge is 2.24. The van der Waals surface area contributed by atoms with Gasteiger partial charge in [-0.05, 0) is 6.42 Å². The molecule has 1 saturated heterocycles. The van der Waals surface area contributed by atoms with E-state index >= 15 is 0 Å². The van der Waals surface area contributed by atoms with Crippen LogP contribution in [0.1, 0.15) is 71.1 Å². The summed E-state index contributed by atoms with van der Waals surface area (Å²) in [5.41, 5.74) is 0. The lowest BCUT2D eigenvalue weighted by molar-refractivity contribution is -0.162. The van der Waals surface area contributed by atoms with Gasteiger partial charge in [-0.25, -0.2) is 4.79 Å². The number of morpholine rings is 1. The number of ether oxygens (including phenoxy) is 2. The van der Waals surface area contributed by atoms with Gasteiger partial charge in [0.05, 0.1) is 19.8 Å². The number of rotatable bonds is 11. The third-order valence-corrected chi connectivity index (χ3v) is 4.20. The van der Waals surface area contributed by atoms with Gasteiger partial charge >= 0.3 is 11.9 Å². The van der Waals surface area contributed by atoms with Gasteiger partial charge in [0.15, 0.2) is 0 Å². The van der Waals surface area contributed by atoms with Gasteiger partial charge < -0.3 is 14.4 Å². The van der Waals surface area contributed by atoms with E-state index in [2.05, 4.69) is 6.92 Å². The molecule has 0 aromatic rings. The fraction of sp³-hybridized carbons (Fsp3) is 0.889. The maximum atomic E-state index is 11.8. The molecule has 1 aliphatic rings. The van der Waals surface area contributed by atoms with Crippen molar-refractivity contribution < 1.29 is 19.1 Å². The first-order valence-electron chi connectivity index (χ1n) is 9.29. The molecule has 0 saturated carbocycles. The first-order valence-corrected chi connectivity index (χ1v) is 9.29. The summed E-state index contributed by atoms with van der Waals surface area (Å²) in [5.74, 6) is -1.25. The Labute approximate surface area is 140 Å². The van der Waals surface area contributed by atoms with Gasteiger partial charge in [0.25, 0.3) is 0 Å². The van der Waals surface area contributed by atoms with E-state index in [1.165, 1.54) is 56.3 Å². The zero-order chi connectivity index (χ0) is 16.8. The first-order chi connectivity index (χ1) is 11.3. The molecule has 1 aliphatic heterocycles. The number of hydrogen-bond acceptors (Lipinski definition) is 4. The number of hydrogen-bond donors (Lipinski definition) is 0. The summed E-state index contributed by atoms with van der Waals surface area (Å²) in [6.07, 6.45) is 12.4. The largest absolute Gasteiger partial charge is 0.459 e. The van der Waals surface area contributed by atoms with Crippen molar-refractivity contribution >= 4 is 11.9 Å². The van der Waals surface area contributed by atoms with Crippen LogP contribution in [0.4, 0.5) is 0 Å². The molecule has 0 N–H and O–H groups in total. The minimum absolute atomic E-state index is 0.353. The van der Waals surface area contributed by atoms with Crippen LogP contribution in [0.2, 0.25) is 0 Å². The van der Waals surface area contributed by atoms with Crippen molar-refractivity contribution in [2.24, 2.45) is 0 Å². The smallest absolute Gasteiger partial charge is 0.397 e. The average molecular weight is 327 g/mol. The van der Waals surface area contributed by atoms with Crippen molar-refractivity contribution in [2.45, 2.75) is 71.1 Å². The van der Waals surface area contributed by atoms with Crippen molar-refractivity contribution in [3.05, 3.63) is 0 Å². The number of unbranched alkanes of at least 4 members (excludes halogenated alkanes) is 9. The molecule has 0 aromatic heterocycles. The maximum Gasteiger partial charge on any atom is 0.397 e. The predicted octanol–water partition coefficient (Wildman–Crippen LogP) is 3.31. The minimum Gasteiger partial charge on any atom is -0.459 e. The molecule has 0 spiro atoms.